The van der Waals surface area contributed by atoms with E-state index in [4.69, 9.17) is 14.2 Å². The van der Waals surface area contributed by atoms with E-state index in [2.05, 4.69) is 13.8 Å². The molecule has 1 heterocycles. The number of hydrogen-bond donors (Lipinski definition) is 0. The van der Waals surface area contributed by atoms with Crippen LogP contribution in [-0.2, 0) is 14.2 Å². The van der Waals surface area contributed by atoms with Gasteiger partial charge in [0.2, 0.25) is 0 Å². The molecule has 0 amide bonds. The molecular formula is C12H22O3. The summed E-state index contributed by atoms with van der Waals surface area (Å²) in [7, 11) is 0. The highest BCUT2D eigenvalue weighted by Crippen LogP contribution is 2.41. The number of ether oxygens (including phenoxy) is 3. The van der Waals surface area contributed by atoms with E-state index < -0.39 is 0 Å². The van der Waals surface area contributed by atoms with E-state index in [1.54, 1.807) is 0 Å². The lowest BCUT2D eigenvalue weighted by molar-refractivity contribution is -0.207. The Balaban J connectivity index is 1.85. The van der Waals surface area contributed by atoms with Crippen molar-refractivity contribution in [3.05, 3.63) is 0 Å². The van der Waals surface area contributed by atoms with Crippen molar-refractivity contribution >= 4 is 0 Å². The van der Waals surface area contributed by atoms with Gasteiger partial charge in [0.1, 0.15) is 0 Å². The summed E-state index contributed by atoms with van der Waals surface area (Å²) in [5.74, 6) is -0.255. The lowest BCUT2D eigenvalue weighted by Crippen LogP contribution is -2.43. The number of hydrogen-bond acceptors (Lipinski definition) is 3. The fourth-order valence-corrected chi connectivity index (χ4v) is 2.44. The summed E-state index contributed by atoms with van der Waals surface area (Å²) in [6, 6.07) is 0. The normalized spacial score (nSPS) is 28.4. The van der Waals surface area contributed by atoms with E-state index in [1.807, 2.05) is 0 Å². The first kappa shape index (κ1) is 11.4. The van der Waals surface area contributed by atoms with Crippen molar-refractivity contribution in [1.82, 2.24) is 0 Å². The third-order valence-electron chi connectivity index (χ3n) is 3.54. The van der Waals surface area contributed by atoms with E-state index in [-0.39, 0.29) is 11.4 Å². The molecule has 0 radical (unpaired) electrons. The SMILES string of the molecule is CCCOC1(C)CCC2(CC1)OCCO2. The van der Waals surface area contributed by atoms with Crippen molar-refractivity contribution in [3.8, 4) is 0 Å². The Hall–Kier alpha value is -0.120. The zero-order chi connectivity index (χ0) is 10.8. The molecule has 0 bridgehead atoms. The lowest BCUT2D eigenvalue weighted by Gasteiger charge is -2.41. The maximum atomic E-state index is 5.91. The predicted octanol–water partition coefficient (Wildman–Crippen LogP) is 2.49. The van der Waals surface area contributed by atoms with Crippen LogP contribution in [0.5, 0.6) is 0 Å². The Bertz CT molecular complexity index is 199. The van der Waals surface area contributed by atoms with Gasteiger partial charge in [-0.1, -0.05) is 6.92 Å². The lowest BCUT2D eigenvalue weighted by atomic mass is 9.82. The van der Waals surface area contributed by atoms with Crippen molar-refractivity contribution in [1.29, 1.82) is 0 Å². The Labute approximate surface area is 92.1 Å². The fraction of sp³-hybridized carbons (Fsp3) is 1.00. The van der Waals surface area contributed by atoms with Gasteiger partial charge in [-0.15, -0.1) is 0 Å². The zero-order valence-electron chi connectivity index (χ0n) is 9.88. The molecule has 3 nitrogen and oxygen atoms in total. The van der Waals surface area contributed by atoms with Crippen LogP contribution >= 0.6 is 0 Å². The van der Waals surface area contributed by atoms with Gasteiger partial charge < -0.3 is 14.2 Å². The Morgan fingerprint density at radius 2 is 1.67 bits per heavy atom. The summed E-state index contributed by atoms with van der Waals surface area (Å²) in [5, 5.41) is 0. The van der Waals surface area contributed by atoms with E-state index in [0.717, 1.165) is 51.9 Å². The van der Waals surface area contributed by atoms with Crippen LogP contribution in [0.4, 0.5) is 0 Å². The molecule has 15 heavy (non-hydrogen) atoms. The third kappa shape index (κ3) is 2.52. The summed E-state index contributed by atoms with van der Waals surface area (Å²) < 4.78 is 17.3. The summed E-state index contributed by atoms with van der Waals surface area (Å²) in [6.45, 7) is 6.74. The molecule has 0 N–H and O–H groups in total. The summed E-state index contributed by atoms with van der Waals surface area (Å²) in [4.78, 5) is 0. The Morgan fingerprint density at radius 3 is 2.20 bits per heavy atom. The molecule has 0 aromatic heterocycles. The van der Waals surface area contributed by atoms with Crippen LogP contribution < -0.4 is 0 Å². The maximum absolute atomic E-state index is 5.91. The highest BCUT2D eigenvalue weighted by molar-refractivity contribution is 4.89. The van der Waals surface area contributed by atoms with Crippen molar-refractivity contribution in [2.75, 3.05) is 19.8 Å². The van der Waals surface area contributed by atoms with Crippen LogP contribution in [0.2, 0.25) is 0 Å². The van der Waals surface area contributed by atoms with Gasteiger partial charge in [0.15, 0.2) is 5.79 Å². The molecule has 1 saturated carbocycles. The zero-order valence-corrected chi connectivity index (χ0v) is 9.88. The highest BCUT2D eigenvalue weighted by atomic mass is 16.7. The van der Waals surface area contributed by atoms with Crippen LogP contribution in [0.15, 0.2) is 0 Å². The molecule has 2 fully saturated rings. The molecule has 0 atom stereocenters. The third-order valence-corrected chi connectivity index (χ3v) is 3.54. The van der Waals surface area contributed by atoms with E-state index in [1.165, 1.54) is 0 Å². The number of rotatable bonds is 3. The average Bonchev–Trinajstić information content (AvgIpc) is 2.70. The molecule has 88 valence electrons. The monoisotopic (exact) mass is 214 g/mol. The molecule has 1 spiro atoms. The van der Waals surface area contributed by atoms with Gasteiger partial charge in [0, 0.05) is 19.4 Å². The molecule has 0 unspecified atom stereocenters. The second kappa shape index (κ2) is 4.40. The highest BCUT2D eigenvalue weighted by Gasteiger charge is 2.44. The van der Waals surface area contributed by atoms with Gasteiger partial charge in [-0.25, -0.2) is 0 Å². The first-order valence-corrected chi connectivity index (χ1v) is 6.10. The van der Waals surface area contributed by atoms with Crippen molar-refractivity contribution in [2.24, 2.45) is 0 Å². The van der Waals surface area contributed by atoms with E-state index in [0.29, 0.717) is 0 Å². The maximum Gasteiger partial charge on any atom is 0.168 e. The summed E-state index contributed by atoms with van der Waals surface area (Å²) in [5.41, 5.74) is 0.0522. The van der Waals surface area contributed by atoms with Crippen LogP contribution in [-0.4, -0.2) is 31.2 Å². The Kier molecular flexibility index (Phi) is 3.33. The summed E-state index contributed by atoms with van der Waals surface area (Å²) in [6.07, 6.45) is 5.15. The molecule has 3 heteroatoms. The van der Waals surface area contributed by atoms with E-state index >= 15 is 0 Å². The van der Waals surface area contributed by atoms with E-state index in [9.17, 15) is 0 Å². The quantitative estimate of drug-likeness (QED) is 0.722. The largest absolute Gasteiger partial charge is 0.375 e. The minimum Gasteiger partial charge on any atom is -0.375 e. The second-order valence-corrected chi connectivity index (χ2v) is 4.91. The molecule has 1 aliphatic carbocycles. The molecule has 1 saturated heterocycles. The molecule has 0 aromatic carbocycles. The van der Waals surface area contributed by atoms with Crippen LogP contribution in [0.25, 0.3) is 0 Å². The predicted molar refractivity (Wildman–Crippen MR) is 57.8 cm³/mol. The van der Waals surface area contributed by atoms with Crippen molar-refractivity contribution in [3.63, 3.8) is 0 Å². The molecule has 2 aliphatic rings. The molecule has 2 rings (SSSR count). The smallest absolute Gasteiger partial charge is 0.168 e. The van der Waals surface area contributed by atoms with Crippen molar-refractivity contribution in [2.45, 2.75) is 57.3 Å². The van der Waals surface area contributed by atoms with Crippen LogP contribution in [0.3, 0.4) is 0 Å². The molecule has 0 aromatic rings. The van der Waals surface area contributed by atoms with Crippen LogP contribution in [0.1, 0.15) is 46.0 Å². The molecule has 1 aliphatic heterocycles. The summed E-state index contributed by atoms with van der Waals surface area (Å²) >= 11 is 0. The second-order valence-electron chi connectivity index (χ2n) is 4.91. The van der Waals surface area contributed by atoms with Crippen molar-refractivity contribution < 1.29 is 14.2 Å². The van der Waals surface area contributed by atoms with Gasteiger partial charge >= 0.3 is 0 Å². The van der Waals surface area contributed by atoms with Crippen LogP contribution in [0, 0.1) is 0 Å². The average molecular weight is 214 g/mol. The fourth-order valence-electron chi connectivity index (χ4n) is 2.44. The topological polar surface area (TPSA) is 27.7 Å². The standard InChI is InChI=1S/C12H22O3/c1-3-8-13-11(2)4-6-12(7-5-11)14-9-10-15-12/h3-10H2,1-2H3. The van der Waals surface area contributed by atoms with Gasteiger partial charge in [-0.2, -0.15) is 0 Å². The first-order valence-electron chi connectivity index (χ1n) is 6.10. The van der Waals surface area contributed by atoms with Gasteiger partial charge in [-0.3, -0.25) is 0 Å². The minimum absolute atomic E-state index is 0.0522. The Morgan fingerprint density at radius 1 is 1.07 bits per heavy atom. The van der Waals surface area contributed by atoms with Gasteiger partial charge in [0.25, 0.3) is 0 Å². The van der Waals surface area contributed by atoms with Gasteiger partial charge in [0.05, 0.1) is 18.8 Å². The first-order chi connectivity index (χ1) is 7.18. The minimum atomic E-state index is -0.255. The molecular weight excluding hydrogens is 192 g/mol. The van der Waals surface area contributed by atoms with Gasteiger partial charge in [-0.05, 0) is 26.2 Å².